The highest BCUT2D eigenvalue weighted by Crippen LogP contribution is 2.25. The molecule has 1 aromatic heterocycles. The summed E-state index contributed by atoms with van der Waals surface area (Å²) in [5.41, 5.74) is 5.50. The number of hydrogen-bond donors (Lipinski definition) is 2. The van der Waals surface area contributed by atoms with Crippen LogP contribution in [-0.2, 0) is 10.0 Å². The Balaban J connectivity index is 2.36. The van der Waals surface area contributed by atoms with Gasteiger partial charge in [0.15, 0.2) is 0 Å². The van der Waals surface area contributed by atoms with Gasteiger partial charge in [-0.2, -0.15) is 0 Å². The lowest BCUT2D eigenvalue weighted by Crippen LogP contribution is -2.13. The van der Waals surface area contributed by atoms with Crippen LogP contribution in [0.2, 0.25) is 5.02 Å². The number of nitrogens with one attached hydrogen (secondary N) is 1. The molecule has 8 heteroatoms. The third-order valence-electron chi connectivity index (χ3n) is 2.24. The molecule has 0 aliphatic rings. The van der Waals surface area contributed by atoms with Gasteiger partial charge in [-0.1, -0.05) is 11.6 Å². The molecule has 19 heavy (non-hydrogen) atoms. The summed E-state index contributed by atoms with van der Waals surface area (Å²) in [4.78, 5) is 3.64. The first kappa shape index (κ1) is 13.6. The molecule has 2 aromatic rings. The van der Waals surface area contributed by atoms with E-state index in [9.17, 15) is 12.8 Å². The van der Waals surface area contributed by atoms with Crippen LogP contribution in [0.25, 0.3) is 0 Å². The monoisotopic (exact) mass is 301 g/mol. The standard InChI is InChI=1S/C11H9ClFN3O2S/c12-9-5-7(13)1-2-10(9)16-19(17,18)8-3-4-15-11(14)6-8/h1-6,16H,(H2,14,15). The minimum absolute atomic E-state index is 0.0365. The molecule has 0 bridgehead atoms. The quantitative estimate of drug-likeness (QED) is 0.910. The Kier molecular flexibility index (Phi) is 3.59. The van der Waals surface area contributed by atoms with Crippen molar-refractivity contribution < 1.29 is 12.8 Å². The lowest BCUT2D eigenvalue weighted by molar-refractivity contribution is 0.601. The maximum Gasteiger partial charge on any atom is 0.262 e. The van der Waals surface area contributed by atoms with Gasteiger partial charge in [-0.15, -0.1) is 0 Å². The zero-order valence-corrected chi connectivity index (χ0v) is 11.0. The number of rotatable bonds is 3. The highest BCUT2D eigenvalue weighted by Gasteiger charge is 2.16. The maximum absolute atomic E-state index is 12.9. The molecule has 3 N–H and O–H groups in total. The van der Waals surface area contributed by atoms with E-state index in [4.69, 9.17) is 17.3 Å². The third-order valence-corrected chi connectivity index (χ3v) is 3.91. The molecule has 100 valence electrons. The Morgan fingerprint density at radius 2 is 2.00 bits per heavy atom. The van der Waals surface area contributed by atoms with E-state index in [1.165, 1.54) is 24.4 Å². The molecule has 0 aliphatic heterocycles. The van der Waals surface area contributed by atoms with Gasteiger partial charge in [0, 0.05) is 12.3 Å². The summed E-state index contributed by atoms with van der Waals surface area (Å²) < 4.78 is 39.2. The van der Waals surface area contributed by atoms with Crippen molar-refractivity contribution >= 4 is 33.1 Å². The predicted molar refractivity (Wildman–Crippen MR) is 70.9 cm³/mol. The van der Waals surface area contributed by atoms with Crippen molar-refractivity contribution in [2.24, 2.45) is 0 Å². The third kappa shape index (κ3) is 3.12. The Hall–Kier alpha value is -1.86. The Morgan fingerprint density at radius 3 is 2.63 bits per heavy atom. The van der Waals surface area contributed by atoms with Crippen molar-refractivity contribution in [2.45, 2.75) is 4.90 Å². The largest absolute Gasteiger partial charge is 0.384 e. The number of hydrogen-bond acceptors (Lipinski definition) is 4. The number of nitrogens with two attached hydrogens (primary N) is 1. The van der Waals surface area contributed by atoms with E-state index in [2.05, 4.69) is 9.71 Å². The van der Waals surface area contributed by atoms with E-state index in [1.54, 1.807) is 0 Å². The number of nitrogen functional groups attached to an aromatic ring is 1. The van der Waals surface area contributed by atoms with Crippen molar-refractivity contribution in [3.8, 4) is 0 Å². The van der Waals surface area contributed by atoms with Crippen molar-refractivity contribution in [3.63, 3.8) is 0 Å². The molecule has 0 radical (unpaired) electrons. The van der Waals surface area contributed by atoms with Gasteiger partial charge in [-0.05, 0) is 24.3 Å². The molecule has 0 spiro atoms. The van der Waals surface area contributed by atoms with Crippen LogP contribution in [0, 0.1) is 5.82 Å². The van der Waals surface area contributed by atoms with Gasteiger partial charge in [0.05, 0.1) is 15.6 Å². The van der Waals surface area contributed by atoms with Gasteiger partial charge in [0.1, 0.15) is 11.6 Å². The minimum atomic E-state index is -3.85. The minimum Gasteiger partial charge on any atom is -0.384 e. The van der Waals surface area contributed by atoms with Gasteiger partial charge in [0.25, 0.3) is 10.0 Å². The number of pyridine rings is 1. The van der Waals surface area contributed by atoms with E-state index in [0.717, 1.165) is 12.1 Å². The summed E-state index contributed by atoms with van der Waals surface area (Å²) >= 11 is 5.75. The Morgan fingerprint density at radius 1 is 1.26 bits per heavy atom. The van der Waals surface area contributed by atoms with Crippen LogP contribution in [0.15, 0.2) is 41.4 Å². The summed E-state index contributed by atoms with van der Waals surface area (Å²) in [6.45, 7) is 0. The van der Waals surface area contributed by atoms with Crippen LogP contribution in [0.1, 0.15) is 0 Å². The number of halogens is 2. The number of sulfonamides is 1. The van der Waals surface area contributed by atoms with Crippen molar-refractivity contribution in [1.29, 1.82) is 0 Å². The molecular weight excluding hydrogens is 293 g/mol. The number of benzene rings is 1. The van der Waals surface area contributed by atoms with Gasteiger partial charge in [-0.25, -0.2) is 17.8 Å². The van der Waals surface area contributed by atoms with Crippen LogP contribution in [-0.4, -0.2) is 13.4 Å². The van der Waals surface area contributed by atoms with Crippen LogP contribution < -0.4 is 10.5 Å². The average molecular weight is 302 g/mol. The van der Waals surface area contributed by atoms with Gasteiger partial charge in [0.2, 0.25) is 0 Å². The van der Waals surface area contributed by atoms with Crippen LogP contribution >= 0.6 is 11.6 Å². The lowest BCUT2D eigenvalue weighted by atomic mass is 10.3. The van der Waals surface area contributed by atoms with Crippen molar-refractivity contribution in [2.75, 3.05) is 10.5 Å². The number of aromatic nitrogens is 1. The van der Waals surface area contributed by atoms with Crippen molar-refractivity contribution in [3.05, 3.63) is 47.4 Å². The lowest BCUT2D eigenvalue weighted by Gasteiger charge is -2.09. The molecule has 0 fully saturated rings. The number of nitrogens with zero attached hydrogens (tertiary/aromatic N) is 1. The van der Waals surface area contributed by atoms with Gasteiger partial charge < -0.3 is 5.73 Å². The molecule has 1 heterocycles. The average Bonchev–Trinajstić information content (AvgIpc) is 2.33. The topological polar surface area (TPSA) is 85.1 Å². The van der Waals surface area contributed by atoms with Gasteiger partial charge >= 0.3 is 0 Å². The first-order chi connectivity index (χ1) is 8.88. The second kappa shape index (κ2) is 5.02. The zero-order chi connectivity index (χ0) is 14.0. The highest BCUT2D eigenvalue weighted by atomic mass is 35.5. The molecule has 0 aliphatic carbocycles. The number of anilines is 2. The molecule has 1 aromatic carbocycles. The molecule has 0 saturated carbocycles. The van der Waals surface area contributed by atoms with Crippen molar-refractivity contribution in [1.82, 2.24) is 4.98 Å². The maximum atomic E-state index is 12.9. The van der Waals surface area contributed by atoms with Crippen LogP contribution in [0.4, 0.5) is 15.9 Å². The summed E-state index contributed by atoms with van der Waals surface area (Å²) in [5.74, 6) is -0.478. The highest BCUT2D eigenvalue weighted by molar-refractivity contribution is 7.92. The Bertz CT molecular complexity index is 722. The molecule has 2 rings (SSSR count). The summed E-state index contributed by atoms with van der Waals surface area (Å²) in [6, 6.07) is 5.85. The molecule has 5 nitrogen and oxygen atoms in total. The predicted octanol–water partition coefficient (Wildman–Crippen LogP) is 2.26. The first-order valence-corrected chi connectivity index (χ1v) is 6.94. The van der Waals surface area contributed by atoms with E-state index in [-0.39, 0.29) is 21.4 Å². The normalized spacial score (nSPS) is 11.3. The molecule has 0 atom stereocenters. The fourth-order valence-electron chi connectivity index (χ4n) is 1.37. The van der Waals surface area contributed by atoms with Crippen LogP contribution in [0.5, 0.6) is 0 Å². The molecule has 0 unspecified atom stereocenters. The van der Waals surface area contributed by atoms with E-state index in [0.29, 0.717) is 0 Å². The fraction of sp³-hybridized carbons (Fsp3) is 0. The molecule has 0 amide bonds. The van der Waals surface area contributed by atoms with E-state index < -0.39 is 15.8 Å². The smallest absolute Gasteiger partial charge is 0.262 e. The SMILES string of the molecule is Nc1cc(S(=O)(=O)Nc2ccc(F)cc2Cl)ccn1. The van der Waals surface area contributed by atoms with E-state index in [1.807, 2.05) is 0 Å². The van der Waals surface area contributed by atoms with Crippen LogP contribution in [0.3, 0.4) is 0 Å². The second-order valence-electron chi connectivity index (χ2n) is 3.65. The molecular formula is C11H9ClFN3O2S. The Labute approximate surface area is 114 Å². The summed E-state index contributed by atoms with van der Waals surface area (Å²) in [6.07, 6.45) is 1.27. The second-order valence-corrected chi connectivity index (χ2v) is 5.74. The summed E-state index contributed by atoms with van der Waals surface area (Å²) in [7, 11) is -3.85. The van der Waals surface area contributed by atoms with E-state index >= 15 is 0 Å². The van der Waals surface area contributed by atoms with Gasteiger partial charge in [-0.3, -0.25) is 4.72 Å². The first-order valence-electron chi connectivity index (χ1n) is 5.08. The fourth-order valence-corrected chi connectivity index (χ4v) is 2.74. The zero-order valence-electron chi connectivity index (χ0n) is 9.47. The molecule has 0 saturated heterocycles. The summed E-state index contributed by atoms with van der Waals surface area (Å²) in [5, 5.41) is -0.0365.